The van der Waals surface area contributed by atoms with Crippen molar-refractivity contribution in [2.45, 2.75) is 51.7 Å². The summed E-state index contributed by atoms with van der Waals surface area (Å²) >= 11 is 5.87. The van der Waals surface area contributed by atoms with Crippen LogP contribution in [0.1, 0.15) is 49.3 Å². The third-order valence-corrected chi connectivity index (χ3v) is 8.77. The molecule has 1 aromatic heterocycles. The molecule has 0 saturated carbocycles. The molecule has 0 atom stereocenters. The number of hydrogen-bond acceptors (Lipinski definition) is 7. The molecule has 0 radical (unpaired) electrons. The molecule has 0 bridgehead atoms. The van der Waals surface area contributed by atoms with E-state index in [4.69, 9.17) is 16.3 Å². The summed E-state index contributed by atoms with van der Waals surface area (Å²) in [5.41, 5.74) is 3.43. The second kappa shape index (κ2) is 13.7. The van der Waals surface area contributed by atoms with Gasteiger partial charge in [-0.2, -0.15) is 4.31 Å². The Morgan fingerprint density at radius 3 is 2.39 bits per heavy atom. The Morgan fingerprint density at radius 2 is 1.76 bits per heavy atom. The smallest absolute Gasteiger partial charge is 0.225 e. The first kappa shape index (κ1) is 28.8. The van der Waals surface area contributed by atoms with Gasteiger partial charge in [0, 0.05) is 82.5 Å². The summed E-state index contributed by atoms with van der Waals surface area (Å²) < 4.78 is 31.7. The summed E-state index contributed by atoms with van der Waals surface area (Å²) in [5.74, 6) is 2.35. The van der Waals surface area contributed by atoms with Gasteiger partial charge < -0.3 is 9.64 Å². The van der Waals surface area contributed by atoms with Gasteiger partial charge in [-0.15, -0.1) is 11.6 Å². The van der Waals surface area contributed by atoms with Crippen LogP contribution in [0.15, 0.2) is 36.7 Å². The number of ether oxygens (including phenoxy) is 1. The van der Waals surface area contributed by atoms with Crippen molar-refractivity contribution in [2.24, 2.45) is 0 Å². The Kier molecular flexibility index (Phi) is 10.4. The molecule has 3 heterocycles. The van der Waals surface area contributed by atoms with Gasteiger partial charge in [0.05, 0.1) is 6.26 Å². The van der Waals surface area contributed by atoms with Gasteiger partial charge in [-0.3, -0.25) is 4.90 Å². The van der Waals surface area contributed by atoms with Gasteiger partial charge in [-0.1, -0.05) is 25.1 Å². The summed E-state index contributed by atoms with van der Waals surface area (Å²) in [5, 5.41) is 0. The number of hydrogen-bond donors (Lipinski definition) is 0. The molecule has 1 aromatic carbocycles. The van der Waals surface area contributed by atoms with Crippen LogP contribution in [0.5, 0.6) is 5.75 Å². The van der Waals surface area contributed by atoms with Gasteiger partial charge >= 0.3 is 0 Å². The van der Waals surface area contributed by atoms with Crippen molar-refractivity contribution in [1.29, 1.82) is 0 Å². The highest BCUT2D eigenvalue weighted by Gasteiger charge is 2.25. The molecular weight excluding hydrogens is 522 g/mol. The van der Waals surface area contributed by atoms with E-state index in [-0.39, 0.29) is 6.10 Å². The number of benzene rings is 1. The number of halogens is 1. The van der Waals surface area contributed by atoms with Crippen molar-refractivity contribution in [3.05, 3.63) is 53.4 Å². The quantitative estimate of drug-likeness (QED) is 0.300. The van der Waals surface area contributed by atoms with E-state index in [1.807, 2.05) is 12.4 Å². The maximum atomic E-state index is 11.8. The highest BCUT2D eigenvalue weighted by Crippen LogP contribution is 2.27. The van der Waals surface area contributed by atoms with E-state index in [2.05, 4.69) is 57.0 Å². The lowest BCUT2D eigenvalue weighted by atomic mass is 10.1. The molecule has 2 fully saturated rings. The SMILES string of the molecule is CCc1cnc(N2CCC(Oc3ccc(CN4CCN(S(C)(=O)=O)CC4)cc3C=CCCCCl)CC2)nc1. The number of piperazine rings is 1. The van der Waals surface area contributed by atoms with Crippen LogP contribution in [-0.4, -0.2) is 85.1 Å². The highest BCUT2D eigenvalue weighted by atomic mass is 35.5. The average Bonchev–Trinajstić information content (AvgIpc) is 2.93. The van der Waals surface area contributed by atoms with Crippen molar-refractivity contribution in [1.82, 2.24) is 19.2 Å². The van der Waals surface area contributed by atoms with E-state index < -0.39 is 10.0 Å². The fraction of sp³-hybridized carbons (Fsp3) is 0.571. The first-order chi connectivity index (χ1) is 18.4. The van der Waals surface area contributed by atoms with Gasteiger partial charge in [0.2, 0.25) is 16.0 Å². The van der Waals surface area contributed by atoms with Crippen molar-refractivity contribution in [2.75, 3.05) is 56.3 Å². The van der Waals surface area contributed by atoms with Gasteiger partial charge in [0.15, 0.2) is 0 Å². The van der Waals surface area contributed by atoms with Crippen LogP contribution in [0.3, 0.4) is 0 Å². The molecule has 10 heteroatoms. The largest absolute Gasteiger partial charge is 0.490 e. The molecule has 0 unspecified atom stereocenters. The lowest BCUT2D eigenvalue weighted by Crippen LogP contribution is -2.47. The van der Waals surface area contributed by atoms with Crippen molar-refractivity contribution >= 4 is 33.6 Å². The summed E-state index contributed by atoms with van der Waals surface area (Å²) in [6.45, 7) is 7.18. The molecule has 4 rings (SSSR count). The minimum Gasteiger partial charge on any atom is -0.490 e. The Hall–Kier alpha value is -2.20. The molecule has 2 aliphatic heterocycles. The lowest BCUT2D eigenvalue weighted by Gasteiger charge is -2.33. The summed E-state index contributed by atoms with van der Waals surface area (Å²) in [6.07, 6.45) is 14.2. The first-order valence-corrected chi connectivity index (χ1v) is 16.0. The molecule has 0 N–H and O–H groups in total. The minimum atomic E-state index is -3.12. The maximum Gasteiger partial charge on any atom is 0.225 e. The maximum absolute atomic E-state index is 11.8. The number of alkyl halides is 1. The normalized spacial score (nSPS) is 18.3. The van der Waals surface area contributed by atoms with E-state index in [0.717, 1.165) is 87.7 Å². The van der Waals surface area contributed by atoms with Gasteiger partial charge in [-0.05, 0) is 42.5 Å². The lowest BCUT2D eigenvalue weighted by molar-refractivity contribution is 0.169. The van der Waals surface area contributed by atoms with Crippen LogP contribution >= 0.6 is 11.6 Å². The third kappa shape index (κ3) is 8.15. The van der Waals surface area contributed by atoms with Crippen LogP contribution in [0, 0.1) is 0 Å². The molecule has 0 amide bonds. The molecule has 208 valence electrons. The third-order valence-electron chi connectivity index (χ3n) is 7.20. The number of sulfonamides is 1. The Bertz CT molecular complexity index is 1160. The van der Waals surface area contributed by atoms with Crippen LogP contribution in [0.2, 0.25) is 0 Å². The van der Waals surface area contributed by atoms with Gasteiger partial charge in [0.25, 0.3) is 0 Å². The van der Waals surface area contributed by atoms with Crippen LogP contribution in [0.25, 0.3) is 6.08 Å². The van der Waals surface area contributed by atoms with E-state index in [0.29, 0.717) is 19.0 Å². The predicted molar refractivity (Wildman–Crippen MR) is 154 cm³/mol. The zero-order valence-corrected chi connectivity index (χ0v) is 24.1. The van der Waals surface area contributed by atoms with Gasteiger partial charge in [-0.25, -0.2) is 18.4 Å². The Labute approximate surface area is 232 Å². The number of allylic oxidation sites excluding steroid dienone is 1. The van der Waals surface area contributed by atoms with E-state index in [1.54, 1.807) is 4.31 Å². The highest BCUT2D eigenvalue weighted by molar-refractivity contribution is 7.88. The second-order valence-electron chi connectivity index (χ2n) is 10.1. The summed E-state index contributed by atoms with van der Waals surface area (Å²) in [4.78, 5) is 13.6. The number of nitrogens with zero attached hydrogens (tertiary/aromatic N) is 5. The summed E-state index contributed by atoms with van der Waals surface area (Å²) in [6, 6.07) is 6.42. The van der Waals surface area contributed by atoms with Crippen molar-refractivity contribution in [3.8, 4) is 5.75 Å². The first-order valence-electron chi connectivity index (χ1n) is 13.6. The minimum absolute atomic E-state index is 0.145. The van der Waals surface area contributed by atoms with Crippen LogP contribution < -0.4 is 9.64 Å². The predicted octanol–water partition coefficient (Wildman–Crippen LogP) is 4.20. The zero-order chi connectivity index (χ0) is 27.0. The Morgan fingerprint density at radius 1 is 1.05 bits per heavy atom. The number of aromatic nitrogens is 2. The van der Waals surface area contributed by atoms with Crippen LogP contribution in [-0.2, 0) is 23.0 Å². The zero-order valence-electron chi connectivity index (χ0n) is 22.6. The molecule has 8 nitrogen and oxygen atoms in total. The molecule has 2 aromatic rings. The monoisotopic (exact) mass is 561 g/mol. The van der Waals surface area contributed by atoms with Crippen molar-refractivity contribution < 1.29 is 13.2 Å². The van der Waals surface area contributed by atoms with E-state index in [1.165, 1.54) is 11.8 Å². The number of aryl methyl sites for hydroxylation is 1. The van der Waals surface area contributed by atoms with E-state index >= 15 is 0 Å². The number of piperidine rings is 1. The second-order valence-corrected chi connectivity index (χ2v) is 12.5. The molecule has 38 heavy (non-hydrogen) atoms. The fourth-order valence-electron chi connectivity index (χ4n) is 4.86. The Balaban J connectivity index is 1.38. The number of anilines is 1. The van der Waals surface area contributed by atoms with Gasteiger partial charge in [0.1, 0.15) is 11.9 Å². The molecule has 2 saturated heterocycles. The topological polar surface area (TPSA) is 78.9 Å². The molecule has 0 aliphatic carbocycles. The number of unbranched alkanes of at least 4 members (excludes halogenated alkanes) is 1. The fourth-order valence-corrected chi connectivity index (χ4v) is 5.84. The molecular formula is C28H40ClN5O3S. The number of rotatable bonds is 11. The average molecular weight is 562 g/mol. The standard InChI is InChI=1S/C28H40ClN5O3S/c1-3-23-20-30-28(31-21-23)33-13-10-26(11-14-33)37-27-9-8-24(19-25(27)7-5-4-6-12-29)22-32-15-17-34(18-16-32)38(2,35)36/h5,7-9,19-21,26H,3-4,6,10-18,22H2,1-2H3. The molecule has 0 spiro atoms. The van der Waals surface area contributed by atoms with Crippen LogP contribution in [0.4, 0.5) is 5.95 Å². The van der Waals surface area contributed by atoms with Crippen molar-refractivity contribution in [3.63, 3.8) is 0 Å². The molecule has 2 aliphatic rings. The van der Waals surface area contributed by atoms with E-state index in [9.17, 15) is 8.42 Å². The summed E-state index contributed by atoms with van der Waals surface area (Å²) in [7, 11) is -3.12.